The quantitative estimate of drug-likeness (QED) is 0.715. The average molecular weight is 219 g/mol. The van der Waals surface area contributed by atoms with Gasteiger partial charge < -0.3 is 4.79 Å². The molecule has 0 aromatic carbocycles. The summed E-state index contributed by atoms with van der Waals surface area (Å²) in [6.07, 6.45) is 9.00. The molecule has 0 N–H and O–H groups in total. The van der Waals surface area contributed by atoms with Crippen LogP contribution in [0, 0.1) is 0 Å². The van der Waals surface area contributed by atoms with Crippen LogP contribution in [0.2, 0.25) is 0 Å². The van der Waals surface area contributed by atoms with Gasteiger partial charge in [0.15, 0.2) is 5.82 Å². The predicted molar refractivity (Wildman–Crippen MR) is 59.3 cm³/mol. The summed E-state index contributed by atoms with van der Waals surface area (Å²) >= 11 is 0. The Hall–Kier alpha value is -1.19. The minimum atomic E-state index is -0.0635. The van der Waals surface area contributed by atoms with E-state index in [1.165, 1.54) is 25.7 Å². The molecule has 86 valence electrons. The van der Waals surface area contributed by atoms with Crippen LogP contribution in [0.5, 0.6) is 0 Å². The zero-order chi connectivity index (χ0) is 11.0. The van der Waals surface area contributed by atoms with Gasteiger partial charge in [-0.2, -0.15) is 5.10 Å². The van der Waals surface area contributed by atoms with Crippen molar-refractivity contribution in [1.29, 1.82) is 0 Å². The lowest BCUT2D eigenvalue weighted by Gasteiger charge is -2.17. The first kappa shape index (κ1) is 10.00. The first-order chi connectivity index (χ1) is 7.88. The summed E-state index contributed by atoms with van der Waals surface area (Å²) in [5, 5.41) is 4.56. The van der Waals surface area contributed by atoms with Gasteiger partial charge in [0.25, 0.3) is 0 Å². The molecule has 0 saturated heterocycles. The van der Waals surface area contributed by atoms with Gasteiger partial charge in [-0.3, -0.25) is 0 Å². The molecule has 1 aromatic heterocycles. The van der Waals surface area contributed by atoms with Crippen molar-refractivity contribution in [3.05, 3.63) is 11.6 Å². The first-order valence-electron chi connectivity index (χ1n) is 6.29. The molecule has 16 heavy (non-hydrogen) atoms. The molecule has 0 amide bonds. The lowest BCUT2D eigenvalue weighted by atomic mass is 10.1. The number of hydrogen-bond donors (Lipinski definition) is 0. The van der Waals surface area contributed by atoms with Gasteiger partial charge in [0.1, 0.15) is 18.2 Å². The third-order valence-corrected chi connectivity index (χ3v) is 3.81. The molecule has 0 spiro atoms. The van der Waals surface area contributed by atoms with E-state index in [-0.39, 0.29) is 6.04 Å². The fourth-order valence-electron chi connectivity index (χ4n) is 2.88. The Balaban J connectivity index is 1.91. The van der Waals surface area contributed by atoms with Crippen LogP contribution in [0.3, 0.4) is 0 Å². The number of carbonyl (C=O) groups is 1. The van der Waals surface area contributed by atoms with Gasteiger partial charge in [0.2, 0.25) is 0 Å². The number of aryl methyl sites for hydroxylation is 1. The summed E-state index contributed by atoms with van der Waals surface area (Å²) in [5.74, 6) is 2.55. The summed E-state index contributed by atoms with van der Waals surface area (Å²) in [6.45, 7) is 0. The zero-order valence-electron chi connectivity index (χ0n) is 9.43. The number of rotatable bonds is 2. The summed E-state index contributed by atoms with van der Waals surface area (Å²) in [4.78, 5) is 15.6. The van der Waals surface area contributed by atoms with Crippen molar-refractivity contribution in [1.82, 2.24) is 14.8 Å². The zero-order valence-corrected chi connectivity index (χ0v) is 9.43. The number of hydrogen-bond acceptors (Lipinski definition) is 3. The molecule has 1 aliphatic heterocycles. The highest BCUT2D eigenvalue weighted by molar-refractivity contribution is 5.55. The largest absolute Gasteiger partial charge is 0.301 e. The van der Waals surface area contributed by atoms with Crippen LogP contribution in [-0.4, -0.2) is 21.1 Å². The first-order valence-corrected chi connectivity index (χ1v) is 6.29. The van der Waals surface area contributed by atoms with Gasteiger partial charge >= 0.3 is 0 Å². The van der Waals surface area contributed by atoms with Crippen LogP contribution in [-0.2, 0) is 11.2 Å². The molecule has 2 aliphatic rings. The summed E-state index contributed by atoms with van der Waals surface area (Å²) in [5.41, 5.74) is 0. The second kappa shape index (κ2) is 4.00. The van der Waals surface area contributed by atoms with E-state index in [0.29, 0.717) is 5.92 Å². The highest BCUT2D eigenvalue weighted by atomic mass is 16.1. The summed E-state index contributed by atoms with van der Waals surface area (Å²) in [7, 11) is 0. The molecule has 3 rings (SSSR count). The van der Waals surface area contributed by atoms with Crippen molar-refractivity contribution >= 4 is 6.29 Å². The molecule has 4 nitrogen and oxygen atoms in total. The Bertz CT molecular complexity index is 393. The third-order valence-electron chi connectivity index (χ3n) is 3.81. The highest BCUT2D eigenvalue weighted by Crippen LogP contribution is 2.33. The van der Waals surface area contributed by atoms with Crippen LogP contribution >= 0.6 is 0 Å². The molecule has 0 radical (unpaired) electrons. The van der Waals surface area contributed by atoms with Crippen LogP contribution in [0.25, 0.3) is 0 Å². The number of fused-ring (bicyclic) bond motifs is 1. The van der Waals surface area contributed by atoms with E-state index >= 15 is 0 Å². The molecular weight excluding hydrogens is 202 g/mol. The highest BCUT2D eigenvalue weighted by Gasteiger charge is 2.27. The van der Waals surface area contributed by atoms with Crippen molar-refractivity contribution in [3.8, 4) is 0 Å². The molecule has 4 heteroatoms. The Morgan fingerprint density at radius 2 is 2.00 bits per heavy atom. The van der Waals surface area contributed by atoms with E-state index in [1.54, 1.807) is 0 Å². The summed E-state index contributed by atoms with van der Waals surface area (Å²) < 4.78 is 1.87. The maximum atomic E-state index is 11.0. The van der Waals surface area contributed by atoms with Crippen LogP contribution in [0.4, 0.5) is 0 Å². The fraction of sp³-hybridized carbons (Fsp3) is 0.750. The van der Waals surface area contributed by atoms with Crippen molar-refractivity contribution in [2.24, 2.45) is 0 Å². The van der Waals surface area contributed by atoms with Crippen LogP contribution in [0.1, 0.15) is 62.1 Å². The number of aromatic nitrogens is 3. The Morgan fingerprint density at radius 3 is 2.75 bits per heavy atom. The monoisotopic (exact) mass is 219 g/mol. The van der Waals surface area contributed by atoms with Crippen molar-refractivity contribution in [2.75, 3.05) is 0 Å². The third kappa shape index (κ3) is 1.56. The predicted octanol–water partition coefficient (Wildman–Crippen LogP) is 2.01. The molecule has 1 atom stereocenters. The molecule has 1 aromatic rings. The Kier molecular flexibility index (Phi) is 2.50. The maximum absolute atomic E-state index is 11.0. The molecular formula is C12H17N3O. The van der Waals surface area contributed by atoms with E-state index in [4.69, 9.17) is 0 Å². The maximum Gasteiger partial charge on any atom is 0.154 e. The molecule has 0 bridgehead atoms. The van der Waals surface area contributed by atoms with Crippen LogP contribution in [0.15, 0.2) is 0 Å². The fourth-order valence-corrected chi connectivity index (χ4v) is 2.88. The van der Waals surface area contributed by atoms with Crippen molar-refractivity contribution < 1.29 is 4.79 Å². The Morgan fingerprint density at radius 1 is 1.19 bits per heavy atom. The normalized spacial score (nSPS) is 25.6. The number of aldehydes is 1. The molecule has 1 unspecified atom stereocenters. The van der Waals surface area contributed by atoms with Crippen molar-refractivity contribution in [3.63, 3.8) is 0 Å². The van der Waals surface area contributed by atoms with E-state index in [1.807, 2.05) is 4.68 Å². The average Bonchev–Trinajstić information content (AvgIpc) is 2.96. The lowest BCUT2D eigenvalue weighted by molar-refractivity contribution is -0.111. The SMILES string of the molecule is O=CC1CCCc2nc(C3CCCC3)nn21. The molecule has 1 fully saturated rings. The van der Waals surface area contributed by atoms with Crippen molar-refractivity contribution in [2.45, 2.75) is 56.9 Å². The van der Waals surface area contributed by atoms with Gasteiger partial charge in [-0.15, -0.1) is 0 Å². The number of carbonyl (C=O) groups excluding carboxylic acids is 1. The molecule has 2 heterocycles. The van der Waals surface area contributed by atoms with Gasteiger partial charge in [-0.25, -0.2) is 9.67 Å². The standard InChI is InChI=1S/C12H17N3O/c16-8-10-6-3-7-11-13-12(14-15(10)11)9-4-1-2-5-9/h8-10H,1-7H2. The van der Waals surface area contributed by atoms with Gasteiger partial charge in [0.05, 0.1) is 0 Å². The topological polar surface area (TPSA) is 47.8 Å². The molecule has 1 saturated carbocycles. The van der Waals surface area contributed by atoms with Gasteiger partial charge in [-0.1, -0.05) is 12.8 Å². The lowest BCUT2D eigenvalue weighted by Crippen LogP contribution is -2.20. The Labute approximate surface area is 95.1 Å². The minimum Gasteiger partial charge on any atom is -0.301 e. The van der Waals surface area contributed by atoms with Gasteiger partial charge in [0, 0.05) is 12.3 Å². The van der Waals surface area contributed by atoms with E-state index in [0.717, 1.165) is 37.2 Å². The number of nitrogens with zero attached hydrogens (tertiary/aromatic N) is 3. The minimum absolute atomic E-state index is 0.0635. The van der Waals surface area contributed by atoms with E-state index in [2.05, 4.69) is 10.1 Å². The molecule has 1 aliphatic carbocycles. The second-order valence-electron chi connectivity index (χ2n) is 4.91. The summed E-state index contributed by atoms with van der Waals surface area (Å²) in [6, 6.07) is -0.0635. The van der Waals surface area contributed by atoms with E-state index < -0.39 is 0 Å². The van der Waals surface area contributed by atoms with Gasteiger partial charge in [-0.05, 0) is 25.7 Å². The second-order valence-corrected chi connectivity index (χ2v) is 4.91. The van der Waals surface area contributed by atoms with E-state index in [9.17, 15) is 4.79 Å². The smallest absolute Gasteiger partial charge is 0.154 e. The van der Waals surface area contributed by atoms with Crippen LogP contribution < -0.4 is 0 Å².